The molecule has 0 bridgehead atoms. The number of Topliss-reactive ketones (excluding diaryl/α,β-unsaturated/α-hetero) is 1. The Kier molecular flexibility index (Phi) is 6.68. The Morgan fingerprint density at radius 1 is 0.914 bits per heavy atom. The molecule has 0 radical (unpaired) electrons. The number of anilines is 1. The molecular weight excluding hydrogens is 438 g/mol. The second-order valence-corrected chi connectivity index (χ2v) is 9.11. The van der Waals surface area contributed by atoms with Crippen molar-refractivity contribution in [2.75, 3.05) is 38.1 Å². The quantitative estimate of drug-likeness (QED) is 0.563. The molecule has 1 N–H and O–H groups in total. The molecular formula is C28H29N5O2. The van der Waals surface area contributed by atoms with Crippen LogP contribution in [0.2, 0.25) is 0 Å². The van der Waals surface area contributed by atoms with Gasteiger partial charge in [0.25, 0.3) is 5.91 Å². The third-order valence-corrected chi connectivity index (χ3v) is 6.71. The molecule has 0 atom stereocenters. The molecule has 7 nitrogen and oxygen atoms in total. The number of hydrogen-bond donors (Lipinski definition) is 1. The number of aromatic nitrogens is 1. The lowest BCUT2D eigenvalue weighted by Gasteiger charge is -2.34. The molecule has 1 fully saturated rings. The van der Waals surface area contributed by atoms with Crippen LogP contribution in [-0.4, -0.2) is 60.6 Å². The number of ketones is 1. The minimum absolute atomic E-state index is 0.0710. The zero-order valence-corrected chi connectivity index (χ0v) is 19.9. The first-order valence-electron chi connectivity index (χ1n) is 12.0. The maximum Gasteiger partial charge on any atom is 0.256 e. The summed E-state index contributed by atoms with van der Waals surface area (Å²) in [5, 5.41) is 2.95. The predicted molar refractivity (Wildman–Crippen MR) is 137 cm³/mol. The molecule has 0 spiro atoms. The van der Waals surface area contributed by atoms with Crippen LogP contribution in [0.3, 0.4) is 0 Å². The molecule has 2 aliphatic heterocycles. The van der Waals surface area contributed by atoms with Gasteiger partial charge in [0.2, 0.25) is 0 Å². The summed E-state index contributed by atoms with van der Waals surface area (Å²) >= 11 is 0. The molecule has 2 aliphatic rings. The Labute approximate surface area is 205 Å². The van der Waals surface area contributed by atoms with Crippen molar-refractivity contribution in [2.45, 2.75) is 19.4 Å². The SMILES string of the molecule is CN1CCN(c2ccc(C(=O)NC3=NCc4ccc(C(=O)CCc5ccncc5)cc43)cc2)CC1. The molecule has 7 heteroatoms. The third-order valence-electron chi connectivity index (χ3n) is 6.71. The van der Waals surface area contributed by atoms with Crippen molar-refractivity contribution in [1.82, 2.24) is 15.2 Å². The smallest absolute Gasteiger partial charge is 0.256 e. The number of benzene rings is 2. The van der Waals surface area contributed by atoms with Crippen LogP contribution in [0, 0.1) is 0 Å². The van der Waals surface area contributed by atoms with Crippen LogP contribution in [0.25, 0.3) is 0 Å². The topological polar surface area (TPSA) is 77.9 Å². The first kappa shape index (κ1) is 22.9. The Balaban J connectivity index is 1.23. The summed E-state index contributed by atoms with van der Waals surface area (Å²) in [4.78, 5) is 38.9. The number of pyridine rings is 1. The highest BCUT2D eigenvalue weighted by molar-refractivity contribution is 6.15. The van der Waals surface area contributed by atoms with Crippen molar-refractivity contribution in [3.05, 3.63) is 94.8 Å². The van der Waals surface area contributed by atoms with Crippen molar-refractivity contribution in [1.29, 1.82) is 0 Å². The molecule has 0 saturated carbocycles. The van der Waals surface area contributed by atoms with Crippen LogP contribution in [0.15, 0.2) is 72.0 Å². The number of piperazine rings is 1. The zero-order chi connectivity index (χ0) is 24.2. The summed E-state index contributed by atoms with van der Waals surface area (Å²) in [5.41, 5.74) is 5.27. The van der Waals surface area contributed by atoms with Crippen molar-refractivity contribution in [2.24, 2.45) is 4.99 Å². The van der Waals surface area contributed by atoms with Gasteiger partial charge in [-0.2, -0.15) is 0 Å². The van der Waals surface area contributed by atoms with Crippen molar-refractivity contribution >= 4 is 23.2 Å². The average molecular weight is 468 g/mol. The van der Waals surface area contributed by atoms with Gasteiger partial charge in [-0.25, -0.2) is 0 Å². The molecule has 1 saturated heterocycles. The number of nitrogens with zero attached hydrogens (tertiary/aromatic N) is 4. The number of rotatable bonds is 6. The molecule has 5 rings (SSSR count). The number of carbonyl (C=O) groups excluding carboxylic acids is 2. The summed E-state index contributed by atoms with van der Waals surface area (Å²) in [6, 6.07) is 17.2. The lowest BCUT2D eigenvalue weighted by Crippen LogP contribution is -2.44. The van der Waals surface area contributed by atoms with E-state index < -0.39 is 0 Å². The summed E-state index contributed by atoms with van der Waals surface area (Å²) in [5.74, 6) is 0.398. The van der Waals surface area contributed by atoms with Gasteiger partial charge >= 0.3 is 0 Å². The minimum Gasteiger partial charge on any atom is -0.369 e. The first-order valence-corrected chi connectivity index (χ1v) is 12.0. The fraction of sp³-hybridized carbons (Fsp3) is 0.286. The van der Waals surface area contributed by atoms with Crippen LogP contribution in [0.1, 0.15) is 43.8 Å². The molecule has 1 aromatic heterocycles. The summed E-state index contributed by atoms with van der Waals surface area (Å²) in [6.07, 6.45) is 4.56. The van der Waals surface area contributed by atoms with E-state index in [0.29, 0.717) is 36.3 Å². The standard InChI is InChI=1S/C28H29N5O2/c1-32-14-16-33(17-15-32)24-7-5-21(6-8-24)28(35)31-27-25-18-22(3-4-23(25)19-30-27)26(34)9-2-20-10-12-29-13-11-20/h3-8,10-13,18H,2,9,14-17,19H2,1H3,(H,30,31,35). The number of aliphatic imine (C=N–C) groups is 1. The van der Waals surface area contributed by atoms with Gasteiger partial charge in [0.15, 0.2) is 5.78 Å². The summed E-state index contributed by atoms with van der Waals surface area (Å²) < 4.78 is 0. The lowest BCUT2D eigenvalue weighted by molar-refractivity contribution is 0.0972. The van der Waals surface area contributed by atoms with E-state index in [1.165, 1.54) is 0 Å². The van der Waals surface area contributed by atoms with E-state index in [4.69, 9.17) is 0 Å². The van der Waals surface area contributed by atoms with Crippen molar-refractivity contribution in [3.8, 4) is 0 Å². The fourth-order valence-electron chi connectivity index (χ4n) is 4.48. The van der Waals surface area contributed by atoms with Gasteiger partial charge in [-0.15, -0.1) is 0 Å². The van der Waals surface area contributed by atoms with E-state index >= 15 is 0 Å². The predicted octanol–water partition coefficient (Wildman–Crippen LogP) is 3.34. The van der Waals surface area contributed by atoms with Gasteiger partial charge in [0.1, 0.15) is 5.84 Å². The van der Waals surface area contributed by atoms with E-state index in [2.05, 4.69) is 32.1 Å². The number of amidine groups is 1. The first-order chi connectivity index (χ1) is 17.1. The Hall–Kier alpha value is -3.84. The van der Waals surface area contributed by atoms with Gasteiger partial charge in [-0.05, 0) is 67.1 Å². The van der Waals surface area contributed by atoms with E-state index in [9.17, 15) is 9.59 Å². The molecule has 3 aromatic rings. The maximum atomic E-state index is 12.9. The molecule has 3 heterocycles. The van der Waals surface area contributed by atoms with Gasteiger partial charge < -0.3 is 15.1 Å². The van der Waals surface area contributed by atoms with Gasteiger partial charge in [0, 0.05) is 67.4 Å². The van der Waals surface area contributed by atoms with Crippen molar-refractivity contribution < 1.29 is 9.59 Å². The monoisotopic (exact) mass is 467 g/mol. The Morgan fingerprint density at radius 2 is 1.63 bits per heavy atom. The number of carbonyl (C=O) groups is 2. The summed E-state index contributed by atoms with van der Waals surface area (Å²) in [6.45, 7) is 4.54. The molecule has 0 aliphatic carbocycles. The van der Waals surface area contributed by atoms with E-state index in [0.717, 1.165) is 48.6 Å². The molecule has 178 valence electrons. The third kappa shape index (κ3) is 5.30. The van der Waals surface area contributed by atoms with Crippen LogP contribution in [0.5, 0.6) is 0 Å². The number of aryl methyl sites for hydroxylation is 1. The number of hydrogen-bond acceptors (Lipinski definition) is 6. The van der Waals surface area contributed by atoms with Crippen LogP contribution < -0.4 is 10.2 Å². The maximum absolute atomic E-state index is 12.9. The number of amides is 1. The van der Waals surface area contributed by atoms with Gasteiger partial charge in [-0.1, -0.05) is 12.1 Å². The van der Waals surface area contributed by atoms with Crippen LogP contribution >= 0.6 is 0 Å². The lowest BCUT2D eigenvalue weighted by atomic mass is 9.99. The van der Waals surface area contributed by atoms with Crippen LogP contribution in [-0.2, 0) is 13.0 Å². The summed E-state index contributed by atoms with van der Waals surface area (Å²) in [7, 11) is 2.14. The largest absolute Gasteiger partial charge is 0.369 e. The second kappa shape index (κ2) is 10.2. The number of fused-ring (bicyclic) bond motifs is 1. The van der Waals surface area contributed by atoms with E-state index in [1.807, 2.05) is 54.6 Å². The zero-order valence-electron chi connectivity index (χ0n) is 19.9. The van der Waals surface area contributed by atoms with Crippen LogP contribution in [0.4, 0.5) is 5.69 Å². The normalized spacial score (nSPS) is 15.5. The number of likely N-dealkylation sites (N-methyl/N-ethyl adjacent to an activating group) is 1. The molecule has 35 heavy (non-hydrogen) atoms. The Bertz CT molecular complexity index is 1250. The highest BCUT2D eigenvalue weighted by Gasteiger charge is 2.21. The molecule has 0 unspecified atom stereocenters. The highest BCUT2D eigenvalue weighted by atomic mass is 16.1. The van der Waals surface area contributed by atoms with Gasteiger partial charge in [0.05, 0.1) is 6.54 Å². The number of nitrogens with one attached hydrogen (secondary N) is 1. The van der Waals surface area contributed by atoms with Gasteiger partial charge in [-0.3, -0.25) is 19.6 Å². The second-order valence-electron chi connectivity index (χ2n) is 9.11. The average Bonchev–Trinajstić information content (AvgIpc) is 3.30. The minimum atomic E-state index is -0.198. The van der Waals surface area contributed by atoms with E-state index in [1.54, 1.807) is 12.4 Å². The highest BCUT2D eigenvalue weighted by Crippen LogP contribution is 2.22. The van der Waals surface area contributed by atoms with Crippen molar-refractivity contribution in [3.63, 3.8) is 0 Å². The van der Waals surface area contributed by atoms with E-state index in [-0.39, 0.29) is 11.7 Å². The molecule has 1 amide bonds. The molecule has 2 aromatic carbocycles. The Morgan fingerprint density at radius 3 is 2.37 bits per heavy atom. The fourth-order valence-corrected chi connectivity index (χ4v) is 4.48.